The van der Waals surface area contributed by atoms with E-state index < -0.39 is 0 Å². The summed E-state index contributed by atoms with van der Waals surface area (Å²) in [6, 6.07) is 5.34. The normalized spacial score (nSPS) is 29.1. The first-order valence-electron chi connectivity index (χ1n) is 7.26. The van der Waals surface area contributed by atoms with E-state index in [0.29, 0.717) is 17.3 Å². The molecule has 0 spiro atoms. The van der Waals surface area contributed by atoms with Gasteiger partial charge in [-0.2, -0.15) is 0 Å². The SMILES string of the molecule is CCC1CC2C(=O)N(c3ccc(N)c(C)c3)C(=O)C2C1. The zero-order valence-corrected chi connectivity index (χ0v) is 11.9. The number of imide groups is 1. The third-order valence-electron chi connectivity index (χ3n) is 4.82. The maximum absolute atomic E-state index is 12.5. The van der Waals surface area contributed by atoms with E-state index in [4.69, 9.17) is 5.73 Å². The number of benzene rings is 1. The summed E-state index contributed by atoms with van der Waals surface area (Å²) in [5, 5.41) is 0. The standard InChI is InChI=1S/C16H20N2O2/c1-3-10-7-12-13(8-10)16(20)18(15(12)19)11-4-5-14(17)9(2)6-11/h4-6,10,12-13H,3,7-8,17H2,1-2H3. The molecule has 3 rings (SSSR count). The summed E-state index contributed by atoms with van der Waals surface area (Å²) in [4.78, 5) is 26.4. The number of hydrogen-bond donors (Lipinski definition) is 1. The van der Waals surface area contributed by atoms with Crippen LogP contribution in [0.4, 0.5) is 11.4 Å². The van der Waals surface area contributed by atoms with Gasteiger partial charge in [-0.05, 0) is 49.4 Å². The van der Waals surface area contributed by atoms with E-state index in [1.54, 1.807) is 12.1 Å². The predicted octanol–water partition coefficient (Wildman–Crippen LogP) is 2.50. The molecule has 1 saturated heterocycles. The summed E-state index contributed by atoms with van der Waals surface area (Å²) < 4.78 is 0. The first-order valence-corrected chi connectivity index (χ1v) is 7.26. The minimum absolute atomic E-state index is 0.0277. The Bertz CT molecular complexity index is 558. The number of carbonyl (C=O) groups excluding carboxylic acids is 2. The van der Waals surface area contributed by atoms with Gasteiger partial charge in [0.25, 0.3) is 0 Å². The van der Waals surface area contributed by atoms with Gasteiger partial charge in [-0.1, -0.05) is 13.3 Å². The molecule has 0 bridgehead atoms. The minimum Gasteiger partial charge on any atom is -0.399 e. The molecule has 0 aromatic heterocycles. The Morgan fingerprint density at radius 1 is 1.20 bits per heavy atom. The van der Waals surface area contributed by atoms with Gasteiger partial charge in [-0.3, -0.25) is 14.5 Å². The summed E-state index contributed by atoms with van der Waals surface area (Å²) in [6.45, 7) is 4.01. The highest BCUT2D eigenvalue weighted by molar-refractivity contribution is 6.22. The van der Waals surface area contributed by atoms with Gasteiger partial charge >= 0.3 is 0 Å². The number of rotatable bonds is 2. The molecule has 2 unspecified atom stereocenters. The zero-order valence-electron chi connectivity index (χ0n) is 11.9. The summed E-state index contributed by atoms with van der Waals surface area (Å²) in [5.74, 6) is 0.254. The van der Waals surface area contributed by atoms with Gasteiger partial charge in [0, 0.05) is 5.69 Å². The maximum Gasteiger partial charge on any atom is 0.237 e. The molecule has 4 nitrogen and oxygen atoms in total. The van der Waals surface area contributed by atoms with Gasteiger partial charge in [-0.15, -0.1) is 0 Å². The summed E-state index contributed by atoms with van der Waals surface area (Å²) in [6.07, 6.45) is 2.76. The number of aryl methyl sites for hydroxylation is 1. The minimum atomic E-state index is -0.106. The van der Waals surface area contributed by atoms with Crippen LogP contribution in [-0.2, 0) is 9.59 Å². The number of hydrogen-bond acceptors (Lipinski definition) is 3. The second kappa shape index (κ2) is 4.62. The number of anilines is 2. The Hall–Kier alpha value is -1.84. The lowest BCUT2D eigenvalue weighted by Crippen LogP contribution is -2.32. The van der Waals surface area contributed by atoms with Gasteiger partial charge in [0.1, 0.15) is 0 Å². The molecule has 1 aromatic carbocycles. The van der Waals surface area contributed by atoms with E-state index in [9.17, 15) is 9.59 Å². The van der Waals surface area contributed by atoms with Crippen LogP contribution in [0.5, 0.6) is 0 Å². The highest BCUT2D eigenvalue weighted by Crippen LogP contribution is 2.45. The van der Waals surface area contributed by atoms with Gasteiger partial charge in [-0.25, -0.2) is 0 Å². The third kappa shape index (κ3) is 1.82. The number of amides is 2. The first-order chi connectivity index (χ1) is 9.52. The van der Waals surface area contributed by atoms with Crippen LogP contribution < -0.4 is 10.6 Å². The van der Waals surface area contributed by atoms with Crippen molar-refractivity contribution >= 4 is 23.2 Å². The molecular weight excluding hydrogens is 252 g/mol. The van der Waals surface area contributed by atoms with Gasteiger partial charge < -0.3 is 5.73 Å². The molecule has 4 heteroatoms. The molecule has 1 aliphatic heterocycles. The smallest absolute Gasteiger partial charge is 0.237 e. The topological polar surface area (TPSA) is 63.4 Å². The summed E-state index contributed by atoms with van der Waals surface area (Å²) >= 11 is 0. The predicted molar refractivity (Wildman–Crippen MR) is 78.1 cm³/mol. The van der Waals surface area contributed by atoms with Crippen LogP contribution in [0.2, 0.25) is 0 Å². The van der Waals surface area contributed by atoms with E-state index in [2.05, 4.69) is 6.92 Å². The number of nitrogens with two attached hydrogens (primary N) is 1. The van der Waals surface area contributed by atoms with Crippen molar-refractivity contribution in [2.45, 2.75) is 33.1 Å². The Kier molecular flexibility index (Phi) is 3.04. The van der Waals surface area contributed by atoms with Crippen LogP contribution in [0.15, 0.2) is 18.2 Å². The molecule has 2 N–H and O–H groups in total. The van der Waals surface area contributed by atoms with Crippen molar-refractivity contribution in [3.8, 4) is 0 Å². The lowest BCUT2D eigenvalue weighted by atomic mass is 10.00. The molecular formula is C16H20N2O2. The van der Waals surface area contributed by atoms with Crippen LogP contribution in [0.3, 0.4) is 0 Å². The first kappa shape index (κ1) is 13.2. The van der Waals surface area contributed by atoms with Crippen LogP contribution in [-0.4, -0.2) is 11.8 Å². The lowest BCUT2D eigenvalue weighted by molar-refractivity contribution is -0.123. The van der Waals surface area contributed by atoms with E-state index in [0.717, 1.165) is 24.8 Å². The van der Waals surface area contributed by atoms with Crippen molar-refractivity contribution in [1.29, 1.82) is 0 Å². The largest absolute Gasteiger partial charge is 0.399 e. The average molecular weight is 272 g/mol. The molecule has 0 radical (unpaired) electrons. The fraction of sp³-hybridized carbons (Fsp3) is 0.500. The molecule has 2 aliphatic rings. The molecule has 1 saturated carbocycles. The summed E-state index contributed by atoms with van der Waals surface area (Å²) in [7, 11) is 0. The lowest BCUT2D eigenvalue weighted by Gasteiger charge is -2.18. The second-order valence-electron chi connectivity index (χ2n) is 6.01. The van der Waals surface area contributed by atoms with Crippen LogP contribution >= 0.6 is 0 Å². The summed E-state index contributed by atoms with van der Waals surface area (Å²) in [5.41, 5.74) is 8.03. The Labute approximate surface area is 118 Å². The number of fused-ring (bicyclic) bond motifs is 1. The van der Waals surface area contributed by atoms with E-state index in [-0.39, 0.29) is 23.7 Å². The highest BCUT2D eigenvalue weighted by Gasteiger charge is 2.52. The fourth-order valence-corrected chi connectivity index (χ4v) is 3.52. The van der Waals surface area contributed by atoms with Crippen LogP contribution in [0.25, 0.3) is 0 Å². The van der Waals surface area contributed by atoms with Crippen molar-refractivity contribution in [3.63, 3.8) is 0 Å². The fourth-order valence-electron chi connectivity index (χ4n) is 3.52. The van der Waals surface area contributed by atoms with E-state index in [1.807, 2.05) is 13.0 Å². The number of nitrogen functional groups attached to an aromatic ring is 1. The van der Waals surface area contributed by atoms with Crippen molar-refractivity contribution in [3.05, 3.63) is 23.8 Å². The number of carbonyl (C=O) groups is 2. The maximum atomic E-state index is 12.5. The molecule has 2 atom stereocenters. The van der Waals surface area contributed by atoms with E-state index in [1.165, 1.54) is 4.90 Å². The zero-order chi connectivity index (χ0) is 14.4. The average Bonchev–Trinajstić information content (AvgIpc) is 2.94. The Morgan fingerprint density at radius 2 is 1.80 bits per heavy atom. The third-order valence-corrected chi connectivity index (χ3v) is 4.82. The van der Waals surface area contributed by atoms with Gasteiger partial charge in [0.2, 0.25) is 11.8 Å². The van der Waals surface area contributed by atoms with Crippen molar-refractivity contribution in [2.75, 3.05) is 10.6 Å². The number of nitrogens with zero attached hydrogens (tertiary/aromatic N) is 1. The molecule has 2 fully saturated rings. The van der Waals surface area contributed by atoms with Crippen molar-refractivity contribution < 1.29 is 9.59 Å². The molecule has 1 aromatic rings. The van der Waals surface area contributed by atoms with Gasteiger partial charge in [0.05, 0.1) is 17.5 Å². The molecule has 1 aliphatic carbocycles. The second-order valence-corrected chi connectivity index (χ2v) is 6.01. The van der Waals surface area contributed by atoms with Crippen molar-refractivity contribution in [2.24, 2.45) is 17.8 Å². The van der Waals surface area contributed by atoms with Gasteiger partial charge in [0.15, 0.2) is 0 Å². The molecule has 106 valence electrons. The van der Waals surface area contributed by atoms with Crippen molar-refractivity contribution in [1.82, 2.24) is 0 Å². The monoisotopic (exact) mass is 272 g/mol. The molecule has 2 amide bonds. The molecule has 1 heterocycles. The van der Waals surface area contributed by atoms with E-state index >= 15 is 0 Å². The Morgan fingerprint density at radius 3 is 2.30 bits per heavy atom. The van der Waals surface area contributed by atoms with Crippen LogP contribution in [0.1, 0.15) is 31.7 Å². The van der Waals surface area contributed by atoms with Crippen LogP contribution in [0, 0.1) is 24.7 Å². The quantitative estimate of drug-likeness (QED) is 0.664. The highest BCUT2D eigenvalue weighted by atomic mass is 16.2. The molecule has 20 heavy (non-hydrogen) atoms. The Balaban J connectivity index is 1.91.